The van der Waals surface area contributed by atoms with Gasteiger partial charge in [0, 0.05) is 13.3 Å². The van der Waals surface area contributed by atoms with Crippen LogP contribution in [0.4, 0.5) is 8.78 Å². The van der Waals surface area contributed by atoms with E-state index in [2.05, 4.69) is 36.3 Å². The Kier molecular flexibility index (Phi) is 9.01. The average Bonchev–Trinajstić information content (AvgIpc) is 3.69. The number of ether oxygens (including phenoxy) is 2. The molecule has 0 fully saturated rings. The predicted octanol–water partition coefficient (Wildman–Crippen LogP) is 5.72. The van der Waals surface area contributed by atoms with E-state index in [4.69, 9.17) is 23.7 Å². The van der Waals surface area contributed by atoms with Crippen molar-refractivity contribution in [2.24, 2.45) is 0 Å². The summed E-state index contributed by atoms with van der Waals surface area (Å²) in [4.78, 5) is 4.13. The highest BCUT2D eigenvalue weighted by atomic mass is 79.9. The Hall–Kier alpha value is -4.57. The van der Waals surface area contributed by atoms with Gasteiger partial charge in [-0.05, 0) is 56.5 Å². The molecule has 0 atom stereocenters. The quantitative estimate of drug-likeness (QED) is 0.196. The smallest absolute Gasteiger partial charge is 0.255 e. The maximum absolute atomic E-state index is 14.5. The fourth-order valence-electron chi connectivity index (χ4n) is 3.46. The molecule has 10 nitrogen and oxygen atoms in total. The van der Waals surface area contributed by atoms with Crippen LogP contribution in [0, 0.1) is 23.0 Å². The number of halogens is 3. The van der Waals surface area contributed by atoms with Crippen molar-refractivity contribution in [3.8, 4) is 29.3 Å². The minimum Gasteiger partial charge on any atom is -0.497 e. The molecule has 0 aliphatic carbocycles. The number of nitriles is 1. The largest absolute Gasteiger partial charge is 0.497 e. The van der Waals surface area contributed by atoms with Crippen LogP contribution in [0.1, 0.15) is 29.8 Å². The van der Waals surface area contributed by atoms with Gasteiger partial charge in [0.1, 0.15) is 42.6 Å². The lowest BCUT2D eigenvalue weighted by Gasteiger charge is -2.08. The van der Waals surface area contributed by atoms with E-state index in [1.165, 1.54) is 19.4 Å². The minimum absolute atomic E-state index is 0.0291. The normalized spacial score (nSPS) is 10.5. The van der Waals surface area contributed by atoms with Crippen molar-refractivity contribution in [3.63, 3.8) is 0 Å². The molecule has 0 amide bonds. The molecule has 2 aromatic carbocycles. The summed E-state index contributed by atoms with van der Waals surface area (Å²) in [6.45, 7) is 1.83. The van der Waals surface area contributed by atoms with Crippen LogP contribution in [0.5, 0.6) is 11.6 Å². The van der Waals surface area contributed by atoms with Gasteiger partial charge in [-0.25, -0.2) is 13.8 Å². The summed E-state index contributed by atoms with van der Waals surface area (Å²) in [5.74, 6) is 1.11. The van der Waals surface area contributed by atoms with Gasteiger partial charge < -0.3 is 18.4 Å². The van der Waals surface area contributed by atoms with Gasteiger partial charge in [-0.15, -0.1) is 10.2 Å². The highest BCUT2D eigenvalue weighted by molar-refractivity contribution is 9.10. The summed E-state index contributed by atoms with van der Waals surface area (Å²) in [6.07, 6.45) is 2.91. The number of aromatic nitrogens is 5. The molecule has 0 aliphatic rings. The summed E-state index contributed by atoms with van der Waals surface area (Å²) in [7, 11) is 1.60. The maximum atomic E-state index is 14.5. The number of benzene rings is 2. The molecule has 5 rings (SSSR count). The van der Waals surface area contributed by atoms with Gasteiger partial charge >= 0.3 is 0 Å². The first-order chi connectivity index (χ1) is 18.9. The summed E-state index contributed by atoms with van der Waals surface area (Å²) < 4.78 is 51.9. The Balaban J connectivity index is 0.00000112. The van der Waals surface area contributed by atoms with E-state index in [-0.39, 0.29) is 41.2 Å². The minimum atomic E-state index is -0.584. The van der Waals surface area contributed by atoms with Crippen molar-refractivity contribution < 1.29 is 27.2 Å². The van der Waals surface area contributed by atoms with Gasteiger partial charge in [-0.1, -0.05) is 12.1 Å². The van der Waals surface area contributed by atoms with Crippen LogP contribution in [-0.2, 0) is 19.6 Å². The Morgan fingerprint density at radius 3 is 2.56 bits per heavy atom. The van der Waals surface area contributed by atoms with E-state index < -0.39 is 11.6 Å². The predicted molar refractivity (Wildman–Crippen MR) is 137 cm³/mol. The summed E-state index contributed by atoms with van der Waals surface area (Å²) in [5.41, 5.74) is 1.03. The Morgan fingerprint density at radius 1 is 1.10 bits per heavy atom. The van der Waals surface area contributed by atoms with E-state index in [1.54, 1.807) is 23.8 Å². The number of methoxy groups -OCH3 is 1. The van der Waals surface area contributed by atoms with E-state index in [0.29, 0.717) is 17.5 Å². The molecule has 0 aliphatic heterocycles. The van der Waals surface area contributed by atoms with Crippen molar-refractivity contribution in [3.05, 3.63) is 93.9 Å². The van der Waals surface area contributed by atoms with Crippen molar-refractivity contribution >= 4 is 15.9 Å². The van der Waals surface area contributed by atoms with E-state index >= 15 is 0 Å². The first-order valence-electron chi connectivity index (χ1n) is 11.4. The maximum Gasteiger partial charge on any atom is 0.255 e. The van der Waals surface area contributed by atoms with Crippen LogP contribution >= 0.6 is 15.9 Å². The highest BCUT2D eigenvalue weighted by Gasteiger charge is 2.22. The molecule has 3 aromatic heterocycles. The molecule has 0 radical (unpaired) electrons. The van der Waals surface area contributed by atoms with Gasteiger partial charge in [0.05, 0.1) is 29.9 Å². The lowest BCUT2D eigenvalue weighted by Crippen LogP contribution is -2.09. The molecule has 5 aromatic rings. The second-order valence-corrected chi connectivity index (χ2v) is 8.73. The molecule has 0 unspecified atom stereocenters. The second kappa shape index (κ2) is 12.8. The molecule has 3 heterocycles. The van der Waals surface area contributed by atoms with Crippen LogP contribution in [-0.4, -0.2) is 32.0 Å². The standard InChI is InChI=1S/C24H18BrF2N5O4.C2H3N/c1-33-16-4-2-14(3-5-16)13-35-22-11-20(36-31-22)24-30-29-21(32(24)12-23-28-6-7-34-23)9-15-8-19(27)17(25)10-18(15)26;1-2-3/h2-8,10-11H,9,12-13H2,1H3;1H3. The Morgan fingerprint density at radius 2 is 1.87 bits per heavy atom. The van der Waals surface area contributed by atoms with E-state index in [9.17, 15) is 8.78 Å². The topological polar surface area (TPSA) is 125 Å². The summed E-state index contributed by atoms with van der Waals surface area (Å²) >= 11 is 2.99. The average molecular weight is 599 g/mol. The van der Waals surface area contributed by atoms with Gasteiger partial charge in [0.2, 0.25) is 17.5 Å². The Labute approximate surface area is 229 Å². The lowest BCUT2D eigenvalue weighted by molar-refractivity contribution is 0.270. The molecular formula is C26H21BrF2N6O4. The zero-order valence-electron chi connectivity index (χ0n) is 20.8. The third kappa shape index (κ3) is 6.85. The number of hydrogen-bond donors (Lipinski definition) is 0. The fourth-order valence-corrected chi connectivity index (χ4v) is 3.78. The molecule has 13 heteroatoms. The molecule has 0 saturated carbocycles. The zero-order chi connectivity index (χ0) is 27.8. The van der Waals surface area contributed by atoms with Crippen molar-refractivity contribution in [1.82, 2.24) is 24.9 Å². The van der Waals surface area contributed by atoms with Crippen LogP contribution in [0.2, 0.25) is 0 Å². The van der Waals surface area contributed by atoms with Gasteiger partial charge in [0.25, 0.3) is 5.88 Å². The summed E-state index contributed by atoms with van der Waals surface area (Å²) in [6, 6.07) is 12.9. The van der Waals surface area contributed by atoms with Gasteiger partial charge in [0.15, 0.2) is 0 Å². The first kappa shape index (κ1) is 27.5. The molecule has 0 N–H and O–H groups in total. The lowest BCUT2D eigenvalue weighted by atomic mass is 10.1. The highest BCUT2D eigenvalue weighted by Crippen LogP contribution is 2.27. The third-order valence-electron chi connectivity index (χ3n) is 5.30. The first-order valence-corrected chi connectivity index (χ1v) is 12.2. The Bertz CT molecular complexity index is 1560. The molecule has 0 spiro atoms. The number of hydrogen-bond acceptors (Lipinski definition) is 9. The molecule has 200 valence electrons. The summed E-state index contributed by atoms with van der Waals surface area (Å²) in [5, 5.41) is 19.7. The number of rotatable bonds is 9. The monoisotopic (exact) mass is 598 g/mol. The van der Waals surface area contributed by atoms with Gasteiger partial charge in [-0.3, -0.25) is 4.57 Å². The van der Waals surface area contributed by atoms with Crippen molar-refractivity contribution in [1.29, 1.82) is 5.26 Å². The SMILES string of the molecule is CC#N.COc1ccc(COc2cc(-c3nnc(Cc4cc(F)c(Br)cc4F)n3Cc3ncco3)on2)cc1. The van der Waals surface area contributed by atoms with Crippen LogP contribution < -0.4 is 9.47 Å². The van der Waals surface area contributed by atoms with E-state index in [0.717, 1.165) is 23.4 Å². The third-order valence-corrected chi connectivity index (χ3v) is 5.90. The van der Waals surface area contributed by atoms with Crippen molar-refractivity contribution in [2.45, 2.75) is 26.5 Å². The van der Waals surface area contributed by atoms with Gasteiger partial charge in [-0.2, -0.15) is 5.26 Å². The zero-order valence-corrected chi connectivity index (χ0v) is 22.4. The molecular weight excluding hydrogens is 578 g/mol. The van der Waals surface area contributed by atoms with Crippen LogP contribution in [0.3, 0.4) is 0 Å². The number of oxazole rings is 1. The molecule has 39 heavy (non-hydrogen) atoms. The number of nitrogens with zero attached hydrogens (tertiary/aromatic N) is 6. The second-order valence-electron chi connectivity index (χ2n) is 7.88. The van der Waals surface area contributed by atoms with Crippen LogP contribution in [0.15, 0.2) is 68.3 Å². The molecule has 0 bridgehead atoms. The van der Waals surface area contributed by atoms with E-state index in [1.807, 2.05) is 24.3 Å². The van der Waals surface area contributed by atoms with Crippen molar-refractivity contribution in [2.75, 3.05) is 7.11 Å². The fraction of sp³-hybridized carbons (Fsp3) is 0.192. The van der Waals surface area contributed by atoms with Crippen LogP contribution in [0.25, 0.3) is 11.6 Å². The molecule has 0 saturated heterocycles.